The molecule has 2 aliphatic rings. The molecule has 6 heteroatoms. The lowest BCUT2D eigenvalue weighted by atomic mass is 9.67. The normalized spacial score (nSPS) is 20.2. The fourth-order valence-corrected chi connectivity index (χ4v) is 5.00. The van der Waals surface area contributed by atoms with Crippen LogP contribution in [0.2, 0.25) is 0 Å². The van der Waals surface area contributed by atoms with Crippen LogP contribution >= 0.6 is 0 Å². The number of amides is 2. The Morgan fingerprint density at radius 3 is 2.60 bits per heavy atom. The summed E-state index contributed by atoms with van der Waals surface area (Å²) in [5.74, 6) is 0.411. The Morgan fingerprint density at radius 2 is 1.87 bits per heavy atom. The Labute approximate surface area is 177 Å². The molecule has 1 N–H and O–H groups in total. The van der Waals surface area contributed by atoms with E-state index in [1.807, 2.05) is 36.1 Å². The van der Waals surface area contributed by atoms with Gasteiger partial charge in [0.1, 0.15) is 5.75 Å². The number of likely N-dealkylation sites (tertiary alicyclic amines) is 1. The van der Waals surface area contributed by atoms with Crippen LogP contribution < -0.4 is 10.1 Å². The van der Waals surface area contributed by atoms with Crippen molar-refractivity contribution < 1.29 is 14.3 Å². The molecule has 2 fully saturated rings. The van der Waals surface area contributed by atoms with E-state index < -0.39 is 0 Å². The second kappa shape index (κ2) is 8.86. The number of anilines is 1. The highest BCUT2D eigenvalue weighted by Crippen LogP contribution is 2.48. The average Bonchev–Trinajstić information content (AvgIpc) is 3.14. The molecule has 2 aromatic rings. The average molecular weight is 408 g/mol. The number of rotatable bonds is 5. The van der Waals surface area contributed by atoms with Crippen molar-refractivity contribution in [3.05, 3.63) is 54.4 Å². The van der Waals surface area contributed by atoms with Gasteiger partial charge in [0.25, 0.3) is 5.91 Å². The predicted molar refractivity (Wildman–Crippen MR) is 115 cm³/mol. The van der Waals surface area contributed by atoms with E-state index in [9.17, 15) is 9.59 Å². The Bertz CT molecular complexity index is 894. The molecule has 1 aliphatic carbocycles. The molecule has 4 rings (SSSR count). The third kappa shape index (κ3) is 4.04. The number of para-hydroxylation sites is 2. The molecule has 30 heavy (non-hydrogen) atoms. The summed E-state index contributed by atoms with van der Waals surface area (Å²) < 4.78 is 5.67. The number of hydrogen-bond acceptors (Lipinski definition) is 4. The standard InChI is InChI=1S/C24H29N3O3/c1-2-30-21-9-5-4-8-20(21)26-22(28)19-16-27(17-24(19)12-6-3-7-13-24)23(29)18-10-14-25-15-11-18/h4-5,8-11,14-15,19H,2-3,6-7,12-13,16-17H2,1H3,(H,26,28). The molecule has 1 aromatic carbocycles. The van der Waals surface area contributed by atoms with Crippen molar-refractivity contribution in [1.29, 1.82) is 0 Å². The number of aromatic nitrogens is 1. The maximum Gasteiger partial charge on any atom is 0.254 e. The number of ether oxygens (including phenoxy) is 1. The fourth-order valence-electron chi connectivity index (χ4n) is 5.00. The van der Waals surface area contributed by atoms with Gasteiger partial charge in [0.2, 0.25) is 5.91 Å². The summed E-state index contributed by atoms with van der Waals surface area (Å²) in [5.41, 5.74) is 1.17. The van der Waals surface area contributed by atoms with Crippen molar-refractivity contribution in [3.63, 3.8) is 0 Å². The predicted octanol–water partition coefficient (Wildman–Crippen LogP) is 4.14. The van der Waals surface area contributed by atoms with Crippen LogP contribution in [-0.4, -0.2) is 41.4 Å². The first-order chi connectivity index (χ1) is 14.6. The summed E-state index contributed by atoms with van der Waals surface area (Å²) >= 11 is 0. The SMILES string of the molecule is CCOc1ccccc1NC(=O)C1CN(C(=O)c2ccncc2)CC12CCCCC2. The van der Waals surface area contributed by atoms with E-state index in [0.717, 1.165) is 25.7 Å². The number of hydrogen-bond donors (Lipinski definition) is 1. The first kappa shape index (κ1) is 20.4. The van der Waals surface area contributed by atoms with Crippen LogP contribution in [0.5, 0.6) is 5.75 Å². The minimum Gasteiger partial charge on any atom is -0.492 e. The van der Waals surface area contributed by atoms with Gasteiger partial charge < -0.3 is 15.0 Å². The molecule has 2 amide bonds. The molecule has 6 nitrogen and oxygen atoms in total. The minimum absolute atomic E-state index is 0.0194. The smallest absolute Gasteiger partial charge is 0.254 e. The number of carbonyl (C=O) groups excluding carboxylic acids is 2. The Kier molecular flexibility index (Phi) is 6.02. The summed E-state index contributed by atoms with van der Waals surface area (Å²) in [5, 5.41) is 3.10. The largest absolute Gasteiger partial charge is 0.492 e. The van der Waals surface area contributed by atoms with Crippen molar-refractivity contribution in [3.8, 4) is 5.75 Å². The summed E-state index contributed by atoms with van der Waals surface area (Å²) in [6.07, 6.45) is 8.65. The number of pyridine rings is 1. The molecule has 1 spiro atoms. The van der Waals surface area contributed by atoms with Crippen LogP contribution in [0.1, 0.15) is 49.4 Å². The van der Waals surface area contributed by atoms with Crippen molar-refractivity contribution in [2.45, 2.75) is 39.0 Å². The highest BCUT2D eigenvalue weighted by molar-refractivity contribution is 5.98. The summed E-state index contributed by atoms with van der Waals surface area (Å²) in [6.45, 7) is 3.55. The Morgan fingerprint density at radius 1 is 1.13 bits per heavy atom. The van der Waals surface area contributed by atoms with E-state index in [-0.39, 0.29) is 23.1 Å². The second-order valence-corrected chi connectivity index (χ2v) is 8.32. The highest BCUT2D eigenvalue weighted by Gasteiger charge is 2.51. The van der Waals surface area contributed by atoms with E-state index in [2.05, 4.69) is 10.3 Å². The molecule has 1 saturated carbocycles. The Hall–Kier alpha value is -2.89. The number of carbonyl (C=O) groups is 2. The van der Waals surface area contributed by atoms with Gasteiger partial charge in [-0.05, 0) is 44.0 Å². The van der Waals surface area contributed by atoms with Gasteiger partial charge in [-0.3, -0.25) is 14.6 Å². The third-order valence-electron chi connectivity index (χ3n) is 6.47. The van der Waals surface area contributed by atoms with Gasteiger partial charge in [-0.25, -0.2) is 0 Å². The van der Waals surface area contributed by atoms with Crippen LogP contribution in [0.3, 0.4) is 0 Å². The summed E-state index contributed by atoms with van der Waals surface area (Å²) in [6, 6.07) is 11.0. The maximum atomic E-state index is 13.4. The van der Waals surface area contributed by atoms with Gasteiger partial charge in [-0.15, -0.1) is 0 Å². The molecule has 0 bridgehead atoms. The Balaban J connectivity index is 1.57. The minimum atomic E-state index is -0.224. The van der Waals surface area contributed by atoms with Gasteiger partial charge >= 0.3 is 0 Å². The van der Waals surface area contributed by atoms with Crippen molar-refractivity contribution in [1.82, 2.24) is 9.88 Å². The van der Waals surface area contributed by atoms with Crippen LogP contribution in [0.25, 0.3) is 0 Å². The van der Waals surface area contributed by atoms with Crippen LogP contribution in [0, 0.1) is 11.3 Å². The molecule has 2 heterocycles. The number of nitrogens with one attached hydrogen (secondary N) is 1. The third-order valence-corrected chi connectivity index (χ3v) is 6.47. The van der Waals surface area contributed by atoms with Crippen LogP contribution in [0.15, 0.2) is 48.8 Å². The molecule has 1 atom stereocenters. The zero-order chi connectivity index (χ0) is 21.0. The lowest BCUT2D eigenvalue weighted by Crippen LogP contribution is -2.39. The van der Waals surface area contributed by atoms with Crippen LogP contribution in [-0.2, 0) is 4.79 Å². The van der Waals surface area contributed by atoms with E-state index >= 15 is 0 Å². The van der Waals surface area contributed by atoms with Crippen LogP contribution in [0.4, 0.5) is 5.69 Å². The van der Waals surface area contributed by atoms with E-state index in [1.165, 1.54) is 6.42 Å². The highest BCUT2D eigenvalue weighted by atomic mass is 16.5. The quantitative estimate of drug-likeness (QED) is 0.809. The van der Waals surface area contributed by atoms with E-state index in [0.29, 0.717) is 36.7 Å². The molecular formula is C24H29N3O3. The van der Waals surface area contributed by atoms with Gasteiger partial charge in [0.15, 0.2) is 0 Å². The van der Waals surface area contributed by atoms with Crippen molar-refractivity contribution in [2.24, 2.45) is 11.3 Å². The van der Waals surface area contributed by atoms with Gasteiger partial charge in [0, 0.05) is 36.5 Å². The molecular weight excluding hydrogens is 378 g/mol. The fraction of sp³-hybridized carbons (Fsp3) is 0.458. The van der Waals surface area contributed by atoms with E-state index in [4.69, 9.17) is 4.74 Å². The molecule has 158 valence electrons. The summed E-state index contributed by atoms with van der Waals surface area (Å²) in [7, 11) is 0. The van der Waals surface area contributed by atoms with E-state index in [1.54, 1.807) is 24.5 Å². The molecule has 0 radical (unpaired) electrons. The topological polar surface area (TPSA) is 71.5 Å². The van der Waals surface area contributed by atoms with Crippen molar-refractivity contribution >= 4 is 17.5 Å². The second-order valence-electron chi connectivity index (χ2n) is 8.32. The lowest BCUT2D eigenvalue weighted by Gasteiger charge is -2.37. The van der Waals surface area contributed by atoms with Gasteiger partial charge in [-0.2, -0.15) is 0 Å². The molecule has 1 aromatic heterocycles. The monoisotopic (exact) mass is 407 g/mol. The molecule has 1 saturated heterocycles. The number of benzene rings is 1. The summed E-state index contributed by atoms with van der Waals surface area (Å²) in [4.78, 5) is 32.4. The molecule has 1 unspecified atom stereocenters. The first-order valence-corrected chi connectivity index (χ1v) is 10.8. The van der Waals surface area contributed by atoms with Crippen molar-refractivity contribution in [2.75, 3.05) is 25.0 Å². The van der Waals surface area contributed by atoms with Gasteiger partial charge in [0.05, 0.1) is 18.2 Å². The lowest BCUT2D eigenvalue weighted by molar-refractivity contribution is -0.123. The number of nitrogens with zero attached hydrogens (tertiary/aromatic N) is 2. The zero-order valence-electron chi connectivity index (χ0n) is 17.5. The zero-order valence-corrected chi connectivity index (χ0v) is 17.5. The van der Waals surface area contributed by atoms with Gasteiger partial charge in [-0.1, -0.05) is 31.4 Å². The first-order valence-electron chi connectivity index (χ1n) is 10.8. The molecule has 1 aliphatic heterocycles. The maximum absolute atomic E-state index is 13.4.